The van der Waals surface area contributed by atoms with Crippen molar-refractivity contribution in [1.82, 2.24) is 9.55 Å². The molecule has 0 bridgehead atoms. The van der Waals surface area contributed by atoms with Gasteiger partial charge in [-0.05, 0) is 35.8 Å². The van der Waals surface area contributed by atoms with E-state index < -0.39 is 0 Å². The van der Waals surface area contributed by atoms with Crippen LogP contribution >= 0.6 is 12.2 Å². The number of methoxy groups -OCH3 is 1. The fraction of sp³-hybridized carbons (Fsp3) is 0.357. The molecular weight excluding hydrogens is 244 g/mol. The van der Waals surface area contributed by atoms with Crippen molar-refractivity contribution < 1.29 is 4.74 Å². The average Bonchev–Trinajstić information content (AvgIpc) is 2.72. The molecule has 0 unspecified atom stereocenters. The van der Waals surface area contributed by atoms with E-state index >= 15 is 0 Å². The summed E-state index contributed by atoms with van der Waals surface area (Å²) in [4.78, 5) is 3.12. The first kappa shape index (κ1) is 13.1. The molecule has 0 radical (unpaired) electrons. The number of ether oxygens (including phenoxy) is 1. The van der Waals surface area contributed by atoms with Crippen molar-refractivity contribution in [1.29, 1.82) is 0 Å². The van der Waals surface area contributed by atoms with Gasteiger partial charge in [-0.15, -0.1) is 0 Å². The number of nitrogens with zero attached hydrogens (tertiary/aromatic N) is 1. The fourth-order valence-electron chi connectivity index (χ4n) is 2.03. The Kier molecular flexibility index (Phi) is 3.99. The van der Waals surface area contributed by atoms with Crippen LogP contribution in [0.15, 0.2) is 30.5 Å². The van der Waals surface area contributed by atoms with Crippen molar-refractivity contribution in [2.24, 2.45) is 0 Å². The zero-order chi connectivity index (χ0) is 13.1. The standard InChI is InChI=1S/C14H18N2OS/c1-10(2)13-8-15-14(18)16(13)12-6-4-5-11(7-12)9-17-3/h4-8,10H,9H2,1-3H3,(H,15,18). The summed E-state index contributed by atoms with van der Waals surface area (Å²) in [5.41, 5.74) is 3.42. The number of hydrogen-bond donors (Lipinski definition) is 1. The van der Waals surface area contributed by atoms with Gasteiger partial charge in [-0.25, -0.2) is 0 Å². The van der Waals surface area contributed by atoms with Gasteiger partial charge in [-0.1, -0.05) is 26.0 Å². The van der Waals surface area contributed by atoms with Crippen LogP contribution in [0, 0.1) is 4.77 Å². The largest absolute Gasteiger partial charge is 0.380 e. The van der Waals surface area contributed by atoms with Gasteiger partial charge in [0.25, 0.3) is 0 Å². The fourth-order valence-corrected chi connectivity index (χ4v) is 2.29. The third-order valence-electron chi connectivity index (χ3n) is 2.88. The number of imidazole rings is 1. The molecule has 0 aliphatic heterocycles. The molecule has 1 aromatic carbocycles. The molecule has 96 valence electrons. The van der Waals surface area contributed by atoms with Crippen LogP contribution in [0.25, 0.3) is 5.69 Å². The van der Waals surface area contributed by atoms with Gasteiger partial charge in [0.05, 0.1) is 6.61 Å². The van der Waals surface area contributed by atoms with Gasteiger partial charge in [0.1, 0.15) is 0 Å². The molecule has 2 rings (SSSR count). The van der Waals surface area contributed by atoms with Crippen LogP contribution in [0.3, 0.4) is 0 Å². The average molecular weight is 262 g/mol. The predicted octanol–water partition coefficient (Wildman–Crippen LogP) is 3.80. The highest BCUT2D eigenvalue weighted by atomic mass is 32.1. The molecule has 0 aliphatic rings. The SMILES string of the molecule is COCc1cccc(-n2c(C(C)C)c[nH]c2=S)c1. The number of H-pyrrole nitrogens is 1. The Balaban J connectivity index is 2.51. The zero-order valence-electron chi connectivity index (χ0n) is 10.9. The zero-order valence-corrected chi connectivity index (χ0v) is 11.8. The minimum absolute atomic E-state index is 0.420. The molecule has 0 aliphatic carbocycles. The number of hydrogen-bond acceptors (Lipinski definition) is 2. The molecule has 2 aromatic rings. The van der Waals surface area contributed by atoms with Gasteiger partial charge in [-0.3, -0.25) is 4.57 Å². The van der Waals surface area contributed by atoms with E-state index in [1.807, 2.05) is 12.3 Å². The minimum Gasteiger partial charge on any atom is -0.380 e. The van der Waals surface area contributed by atoms with E-state index in [9.17, 15) is 0 Å². The van der Waals surface area contributed by atoms with Crippen molar-refractivity contribution >= 4 is 12.2 Å². The van der Waals surface area contributed by atoms with Crippen molar-refractivity contribution in [3.05, 3.63) is 46.5 Å². The van der Waals surface area contributed by atoms with E-state index in [4.69, 9.17) is 17.0 Å². The number of benzene rings is 1. The van der Waals surface area contributed by atoms with E-state index in [1.165, 1.54) is 5.69 Å². The summed E-state index contributed by atoms with van der Waals surface area (Å²) in [6.07, 6.45) is 1.98. The molecule has 1 heterocycles. The summed E-state index contributed by atoms with van der Waals surface area (Å²) in [6, 6.07) is 8.26. The summed E-state index contributed by atoms with van der Waals surface area (Å²) >= 11 is 5.36. The maximum Gasteiger partial charge on any atom is 0.182 e. The van der Waals surface area contributed by atoms with E-state index in [0.717, 1.165) is 16.0 Å². The van der Waals surface area contributed by atoms with Crippen molar-refractivity contribution in [3.8, 4) is 5.69 Å². The first-order valence-electron chi connectivity index (χ1n) is 6.02. The molecule has 3 nitrogen and oxygen atoms in total. The topological polar surface area (TPSA) is 29.9 Å². The molecule has 0 fully saturated rings. The minimum atomic E-state index is 0.420. The van der Waals surface area contributed by atoms with Crippen LogP contribution in [0.2, 0.25) is 0 Å². The number of aromatic amines is 1. The highest BCUT2D eigenvalue weighted by molar-refractivity contribution is 7.71. The Bertz CT molecular complexity index is 583. The quantitative estimate of drug-likeness (QED) is 0.849. The Morgan fingerprint density at radius 1 is 1.39 bits per heavy atom. The van der Waals surface area contributed by atoms with Gasteiger partial charge in [0.15, 0.2) is 4.77 Å². The second-order valence-corrected chi connectivity index (χ2v) is 5.00. The molecule has 18 heavy (non-hydrogen) atoms. The van der Waals surface area contributed by atoms with Gasteiger partial charge in [0, 0.05) is 24.7 Å². The Morgan fingerprint density at radius 3 is 2.83 bits per heavy atom. The van der Waals surface area contributed by atoms with Gasteiger partial charge in [0.2, 0.25) is 0 Å². The summed E-state index contributed by atoms with van der Waals surface area (Å²) in [5, 5.41) is 0. The van der Waals surface area contributed by atoms with Crippen molar-refractivity contribution in [2.45, 2.75) is 26.4 Å². The molecule has 1 aromatic heterocycles. The van der Waals surface area contributed by atoms with Gasteiger partial charge >= 0.3 is 0 Å². The molecule has 4 heteroatoms. The van der Waals surface area contributed by atoms with Crippen LogP contribution in [-0.2, 0) is 11.3 Å². The summed E-state index contributed by atoms with van der Waals surface area (Å²) in [5.74, 6) is 0.420. The molecule has 0 saturated heterocycles. The molecule has 0 spiro atoms. The third-order valence-corrected chi connectivity index (χ3v) is 3.18. The van der Waals surface area contributed by atoms with Gasteiger partial charge < -0.3 is 9.72 Å². The van der Waals surface area contributed by atoms with Crippen LogP contribution in [0.1, 0.15) is 31.0 Å². The maximum absolute atomic E-state index is 5.36. The highest BCUT2D eigenvalue weighted by Gasteiger charge is 2.09. The number of nitrogens with one attached hydrogen (secondary N) is 1. The number of aromatic nitrogens is 2. The van der Waals surface area contributed by atoms with E-state index in [1.54, 1.807) is 7.11 Å². The van der Waals surface area contributed by atoms with Crippen LogP contribution in [0.4, 0.5) is 0 Å². The first-order chi connectivity index (χ1) is 8.63. The lowest BCUT2D eigenvalue weighted by atomic mass is 10.1. The molecule has 0 saturated carbocycles. The van der Waals surface area contributed by atoms with Crippen molar-refractivity contribution in [3.63, 3.8) is 0 Å². The van der Waals surface area contributed by atoms with Crippen LogP contribution < -0.4 is 0 Å². The monoisotopic (exact) mass is 262 g/mol. The Hall–Kier alpha value is -1.39. The van der Waals surface area contributed by atoms with Crippen LogP contribution in [0.5, 0.6) is 0 Å². The molecule has 0 atom stereocenters. The highest BCUT2D eigenvalue weighted by Crippen LogP contribution is 2.20. The maximum atomic E-state index is 5.36. The molecule has 1 N–H and O–H groups in total. The third kappa shape index (κ3) is 2.54. The second kappa shape index (κ2) is 5.50. The van der Waals surface area contributed by atoms with E-state index in [-0.39, 0.29) is 0 Å². The number of rotatable bonds is 4. The van der Waals surface area contributed by atoms with Crippen LogP contribution in [-0.4, -0.2) is 16.7 Å². The predicted molar refractivity (Wildman–Crippen MR) is 75.8 cm³/mol. The second-order valence-electron chi connectivity index (χ2n) is 4.61. The van der Waals surface area contributed by atoms with E-state index in [2.05, 4.69) is 41.6 Å². The van der Waals surface area contributed by atoms with Gasteiger partial charge in [-0.2, -0.15) is 0 Å². The lowest BCUT2D eigenvalue weighted by Gasteiger charge is -2.12. The first-order valence-corrected chi connectivity index (χ1v) is 6.43. The van der Waals surface area contributed by atoms with Crippen molar-refractivity contribution in [2.75, 3.05) is 7.11 Å². The molecule has 0 amide bonds. The normalized spacial score (nSPS) is 11.1. The lowest BCUT2D eigenvalue weighted by Crippen LogP contribution is -2.02. The summed E-state index contributed by atoms with van der Waals surface area (Å²) in [6.45, 7) is 4.93. The Morgan fingerprint density at radius 2 is 2.17 bits per heavy atom. The Labute approximate surface area is 112 Å². The summed E-state index contributed by atoms with van der Waals surface area (Å²) < 4.78 is 7.98. The lowest BCUT2D eigenvalue weighted by molar-refractivity contribution is 0.185. The smallest absolute Gasteiger partial charge is 0.182 e. The van der Waals surface area contributed by atoms with E-state index in [0.29, 0.717) is 12.5 Å². The molecular formula is C14H18N2OS. The summed E-state index contributed by atoms with van der Waals surface area (Å²) in [7, 11) is 1.70.